The Labute approximate surface area is 85.6 Å². The Bertz CT molecular complexity index is 143. The molecule has 14 heavy (non-hydrogen) atoms. The predicted molar refractivity (Wildman–Crippen MR) is 54.3 cm³/mol. The van der Waals surface area contributed by atoms with Crippen molar-refractivity contribution in [1.29, 1.82) is 0 Å². The fourth-order valence-corrected chi connectivity index (χ4v) is 1.50. The molecule has 0 aromatic carbocycles. The van der Waals surface area contributed by atoms with Gasteiger partial charge in [0.05, 0.1) is 18.8 Å². The van der Waals surface area contributed by atoms with Crippen LogP contribution in [0, 0.1) is 0 Å². The van der Waals surface area contributed by atoms with Gasteiger partial charge in [-0.1, -0.05) is 0 Å². The lowest BCUT2D eigenvalue weighted by Gasteiger charge is -2.28. The number of ether oxygens (including phenoxy) is 2. The minimum absolute atomic E-state index is 0.188. The lowest BCUT2D eigenvalue weighted by atomic mass is 10.2. The molecule has 0 saturated carbocycles. The Kier molecular flexibility index (Phi) is 6.10. The summed E-state index contributed by atoms with van der Waals surface area (Å²) in [4.78, 5) is 0. The normalized spacial score (nSPS) is 27.9. The lowest BCUT2D eigenvalue weighted by molar-refractivity contribution is -0.0690. The summed E-state index contributed by atoms with van der Waals surface area (Å²) >= 11 is 0. The van der Waals surface area contributed by atoms with Gasteiger partial charge in [0, 0.05) is 26.3 Å². The Morgan fingerprint density at radius 2 is 2.29 bits per heavy atom. The molecule has 1 saturated heterocycles. The zero-order valence-corrected chi connectivity index (χ0v) is 8.87. The summed E-state index contributed by atoms with van der Waals surface area (Å²) in [5, 5.41) is 11.9. The molecule has 2 N–H and O–H groups in total. The Balaban J connectivity index is 1.95. The van der Waals surface area contributed by atoms with Crippen LogP contribution in [0.25, 0.3) is 0 Å². The molecule has 0 aliphatic carbocycles. The minimum Gasteiger partial charge on any atom is -0.396 e. The van der Waals surface area contributed by atoms with Gasteiger partial charge in [-0.3, -0.25) is 0 Å². The number of unbranched alkanes of at least 4 members (excludes halogenated alkanes) is 1. The van der Waals surface area contributed by atoms with Crippen LogP contribution in [-0.4, -0.2) is 50.2 Å². The molecule has 4 nitrogen and oxygen atoms in total. The van der Waals surface area contributed by atoms with Gasteiger partial charge < -0.3 is 19.9 Å². The van der Waals surface area contributed by atoms with E-state index in [2.05, 4.69) is 12.2 Å². The third kappa shape index (κ3) is 4.91. The second kappa shape index (κ2) is 7.17. The van der Waals surface area contributed by atoms with Crippen LogP contribution in [0.15, 0.2) is 0 Å². The van der Waals surface area contributed by atoms with E-state index in [0.717, 1.165) is 32.5 Å². The maximum atomic E-state index is 8.56. The van der Waals surface area contributed by atoms with Gasteiger partial charge in [-0.2, -0.15) is 0 Å². The molecule has 0 radical (unpaired) electrons. The van der Waals surface area contributed by atoms with Crippen LogP contribution in [0.3, 0.4) is 0 Å². The van der Waals surface area contributed by atoms with Crippen molar-refractivity contribution in [3.63, 3.8) is 0 Å². The number of aliphatic hydroxyl groups excluding tert-OH is 1. The number of rotatable bonds is 6. The molecule has 0 aromatic heterocycles. The number of nitrogens with one attached hydrogen (secondary N) is 1. The molecular formula is C10H21NO3. The highest BCUT2D eigenvalue weighted by atomic mass is 16.5. The van der Waals surface area contributed by atoms with Crippen molar-refractivity contribution in [3.05, 3.63) is 0 Å². The highest BCUT2D eigenvalue weighted by Gasteiger charge is 2.18. The van der Waals surface area contributed by atoms with Crippen molar-refractivity contribution >= 4 is 0 Å². The van der Waals surface area contributed by atoms with Gasteiger partial charge in [-0.15, -0.1) is 0 Å². The third-order valence-electron chi connectivity index (χ3n) is 2.23. The van der Waals surface area contributed by atoms with Crippen molar-refractivity contribution in [1.82, 2.24) is 5.32 Å². The van der Waals surface area contributed by atoms with Gasteiger partial charge in [-0.05, 0) is 19.8 Å². The molecular weight excluding hydrogens is 182 g/mol. The van der Waals surface area contributed by atoms with E-state index in [0.29, 0.717) is 6.61 Å². The zero-order chi connectivity index (χ0) is 10.2. The van der Waals surface area contributed by atoms with Crippen molar-refractivity contribution in [2.24, 2.45) is 0 Å². The molecule has 0 bridgehead atoms. The third-order valence-corrected chi connectivity index (χ3v) is 2.23. The van der Waals surface area contributed by atoms with Crippen molar-refractivity contribution in [3.8, 4) is 0 Å². The van der Waals surface area contributed by atoms with Gasteiger partial charge in [0.25, 0.3) is 0 Å². The fourth-order valence-electron chi connectivity index (χ4n) is 1.50. The molecule has 2 atom stereocenters. The van der Waals surface area contributed by atoms with Crippen LogP contribution in [0.5, 0.6) is 0 Å². The molecule has 1 rings (SSSR count). The lowest BCUT2D eigenvalue weighted by Crippen LogP contribution is -2.45. The average Bonchev–Trinajstić information content (AvgIpc) is 2.18. The first kappa shape index (κ1) is 11.9. The maximum Gasteiger partial charge on any atom is 0.0936 e. The van der Waals surface area contributed by atoms with E-state index in [1.807, 2.05) is 0 Å². The summed E-state index contributed by atoms with van der Waals surface area (Å²) in [6, 6.07) is 0. The van der Waals surface area contributed by atoms with E-state index < -0.39 is 0 Å². The highest BCUT2D eigenvalue weighted by Crippen LogP contribution is 2.03. The first-order valence-electron chi connectivity index (χ1n) is 5.37. The second-order valence-electron chi connectivity index (χ2n) is 3.73. The molecule has 84 valence electrons. The summed E-state index contributed by atoms with van der Waals surface area (Å²) in [5.74, 6) is 0. The van der Waals surface area contributed by atoms with Crippen LogP contribution in [0.4, 0.5) is 0 Å². The first-order valence-corrected chi connectivity index (χ1v) is 5.37. The smallest absolute Gasteiger partial charge is 0.0936 e. The van der Waals surface area contributed by atoms with E-state index in [9.17, 15) is 0 Å². The number of aliphatic hydroxyl groups is 1. The molecule has 4 heteroatoms. The summed E-state index contributed by atoms with van der Waals surface area (Å²) in [6.45, 7) is 5.50. The van der Waals surface area contributed by atoms with E-state index in [4.69, 9.17) is 14.6 Å². The van der Waals surface area contributed by atoms with Crippen LogP contribution < -0.4 is 5.32 Å². The fraction of sp³-hybridized carbons (Fsp3) is 1.00. The van der Waals surface area contributed by atoms with Gasteiger partial charge in [0.1, 0.15) is 0 Å². The molecule has 0 aromatic rings. The van der Waals surface area contributed by atoms with Crippen molar-refractivity contribution in [2.45, 2.75) is 32.0 Å². The van der Waals surface area contributed by atoms with Crippen LogP contribution >= 0.6 is 0 Å². The summed E-state index contributed by atoms with van der Waals surface area (Å²) < 4.78 is 11.1. The topological polar surface area (TPSA) is 50.7 Å². The zero-order valence-electron chi connectivity index (χ0n) is 8.87. The van der Waals surface area contributed by atoms with Crippen LogP contribution in [0.1, 0.15) is 19.8 Å². The summed E-state index contributed by atoms with van der Waals surface area (Å²) in [7, 11) is 0. The van der Waals surface area contributed by atoms with Gasteiger partial charge >= 0.3 is 0 Å². The molecule has 1 fully saturated rings. The SMILES string of the molecule is CC1CNCC(COCCCCO)O1. The largest absolute Gasteiger partial charge is 0.396 e. The molecule has 1 heterocycles. The molecule has 2 unspecified atom stereocenters. The van der Waals surface area contributed by atoms with Crippen LogP contribution in [-0.2, 0) is 9.47 Å². The average molecular weight is 203 g/mol. The maximum absolute atomic E-state index is 8.56. The van der Waals surface area contributed by atoms with Crippen molar-refractivity contribution in [2.75, 3.05) is 32.9 Å². The Hall–Kier alpha value is -0.160. The number of hydrogen-bond acceptors (Lipinski definition) is 4. The molecule has 0 spiro atoms. The Morgan fingerprint density at radius 1 is 1.43 bits per heavy atom. The number of hydrogen-bond donors (Lipinski definition) is 2. The van der Waals surface area contributed by atoms with Crippen LogP contribution in [0.2, 0.25) is 0 Å². The van der Waals surface area contributed by atoms with Gasteiger partial charge in [0.15, 0.2) is 0 Å². The second-order valence-corrected chi connectivity index (χ2v) is 3.73. The minimum atomic E-state index is 0.188. The quantitative estimate of drug-likeness (QED) is 0.603. The monoisotopic (exact) mass is 203 g/mol. The molecule has 0 amide bonds. The highest BCUT2D eigenvalue weighted by molar-refractivity contribution is 4.71. The first-order chi connectivity index (χ1) is 6.83. The van der Waals surface area contributed by atoms with E-state index in [-0.39, 0.29) is 18.8 Å². The standard InChI is InChI=1S/C10H21NO3/c1-9-6-11-7-10(14-9)8-13-5-3-2-4-12/h9-12H,2-8H2,1H3. The Morgan fingerprint density at radius 3 is 3.00 bits per heavy atom. The van der Waals surface area contributed by atoms with E-state index >= 15 is 0 Å². The van der Waals surface area contributed by atoms with E-state index in [1.165, 1.54) is 0 Å². The molecule has 1 aliphatic heterocycles. The molecule has 1 aliphatic rings. The van der Waals surface area contributed by atoms with Crippen molar-refractivity contribution < 1.29 is 14.6 Å². The predicted octanol–water partition coefficient (Wildman–Crippen LogP) is 0.152. The summed E-state index contributed by atoms with van der Waals surface area (Å²) in [6.07, 6.45) is 2.22. The van der Waals surface area contributed by atoms with E-state index in [1.54, 1.807) is 0 Å². The van der Waals surface area contributed by atoms with Gasteiger partial charge in [-0.25, -0.2) is 0 Å². The number of morpholine rings is 1. The van der Waals surface area contributed by atoms with Gasteiger partial charge in [0.2, 0.25) is 0 Å². The summed E-state index contributed by atoms with van der Waals surface area (Å²) in [5.41, 5.74) is 0.